The molecule has 0 spiro atoms. The van der Waals surface area contributed by atoms with Crippen LogP contribution in [0.5, 0.6) is 17.2 Å². The number of amides is 2. The number of rotatable bonds is 8. The number of nitrogens with zero attached hydrogens (tertiary/aromatic N) is 2. The van der Waals surface area contributed by atoms with E-state index < -0.39 is 28.9 Å². The van der Waals surface area contributed by atoms with Crippen molar-refractivity contribution >= 4 is 23.4 Å². The van der Waals surface area contributed by atoms with E-state index in [1.165, 1.54) is 43.6 Å². The molecule has 3 aromatic rings. The van der Waals surface area contributed by atoms with Crippen LogP contribution >= 0.6 is 11.6 Å². The molecule has 36 heavy (non-hydrogen) atoms. The van der Waals surface area contributed by atoms with Crippen LogP contribution in [0.3, 0.4) is 0 Å². The summed E-state index contributed by atoms with van der Waals surface area (Å²) in [4.78, 5) is 33.2. The van der Waals surface area contributed by atoms with Gasteiger partial charge in [-0.15, -0.1) is 0 Å². The molecule has 2 amide bonds. The maximum absolute atomic E-state index is 13.4. The van der Waals surface area contributed by atoms with E-state index >= 15 is 0 Å². The van der Waals surface area contributed by atoms with Crippen molar-refractivity contribution in [1.29, 1.82) is 0 Å². The summed E-state index contributed by atoms with van der Waals surface area (Å²) in [6, 6.07) is 10.9. The summed E-state index contributed by atoms with van der Waals surface area (Å²) in [7, 11) is 1.27. The van der Waals surface area contributed by atoms with E-state index in [1.807, 2.05) is 0 Å². The molecule has 4 rings (SSSR count). The fourth-order valence-corrected chi connectivity index (χ4v) is 3.50. The number of carbonyl (C=O) groups excluding carboxylic acids is 2. The average molecular weight is 521 g/mol. The first-order valence-electron chi connectivity index (χ1n) is 10.7. The van der Waals surface area contributed by atoms with Gasteiger partial charge in [0.15, 0.2) is 0 Å². The predicted molar refractivity (Wildman–Crippen MR) is 123 cm³/mol. The Morgan fingerprint density at radius 2 is 1.86 bits per heavy atom. The molecular formula is C24H20ClF3N4O4. The lowest BCUT2D eigenvalue weighted by atomic mass is 10.2. The van der Waals surface area contributed by atoms with Gasteiger partial charge in [-0.05, 0) is 55.3 Å². The third-order valence-electron chi connectivity index (χ3n) is 5.43. The monoisotopic (exact) mass is 520 g/mol. The fourth-order valence-electron chi connectivity index (χ4n) is 3.34. The van der Waals surface area contributed by atoms with Crippen molar-refractivity contribution in [3.63, 3.8) is 0 Å². The Morgan fingerprint density at radius 1 is 1.11 bits per heavy atom. The van der Waals surface area contributed by atoms with Crippen molar-refractivity contribution in [1.82, 2.24) is 20.6 Å². The van der Waals surface area contributed by atoms with Crippen LogP contribution < -0.4 is 20.1 Å². The number of carbonyl (C=O) groups is 2. The molecule has 2 N–H and O–H groups in total. The quantitative estimate of drug-likeness (QED) is 0.423. The number of hydrogen-bond acceptors (Lipinski definition) is 6. The second-order valence-corrected chi connectivity index (χ2v) is 8.40. The first-order valence-corrected chi connectivity index (χ1v) is 11.1. The summed E-state index contributed by atoms with van der Waals surface area (Å²) in [5, 5.41) is 5.57. The van der Waals surface area contributed by atoms with Gasteiger partial charge in [-0.1, -0.05) is 17.7 Å². The Kier molecular flexibility index (Phi) is 7.02. The largest absolute Gasteiger partial charge is 0.497 e. The van der Waals surface area contributed by atoms with Crippen LogP contribution in [0.25, 0.3) is 0 Å². The molecule has 0 unspecified atom stereocenters. The van der Waals surface area contributed by atoms with E-state index in [0.717, 1.165) is 12.1 Å². The van der Waals surface area contributed by atoms with E-state index in [1.54, 1.807) is 6.07 Å². The molecule has 0 radical (unpaired) electrons. The van der Waals surface area contributed by atoms with E-state index in [-0.39, 0.29) is 34.8 Å². The maximum atomic E-state index is 13.4. The second kappa shape index (κ2) is 10.0. The number of hydrogen-bond donors (Lipinski definition) is 2. The van der Waals surface area contributed by atoms with E-state index in [2.05, 4.69) is 20.6 Å². The Labute approximate surface area is 208 Å². The van der Waals surface area contributed by atoms with Gasteiger partial charge in [0.05, 0.1) is 25.5 Å². The van der Waals surface area contributed by atoms with Crippen LogP contribution in [0.2, 0.25) is 5.15 Å². The molecule has 2 aromatic heterocycles. The van der Waals surface area contributed by atoms with Crippen molar-refractivity contribution in [3.8, 4) is 17.2 Å². The highest BCUT2D eigenvalue weighted by atomic mass is 35.5. The molecule has 188 valence electrons. The summed E-state index contributed by atoms with van der Waals surface area (Å²) in [6.07, 6.45) is -2.45. The van der Waals surface area contributed by atoms with Crippen molar-refractivity contribution < 1.29 is 32.2 Å². The van der Waals surface area contributed by atoms with Gasteiger partial charge in [-0.2, -0.15) is 13.2 Å². The minimum Gasteiger partial charge on any atom is -0.497 e. The van der Waals surface area contributed by atoms with Crippen molar-refractivity contribution in [2.75, 3.05) is 7.11 Å². The highest BCUT2D eigenvalue weighted by molar-refractivity contribution is 6.29. The minimum absolute atomic E-state index is 0.0441. The van der Waals surface area contributed by atoms with Crippen LogP contribution in [0.15, 0.2) is 54.7 Å². The summed E-state index contributed by atoms with van der Waals surface area (Å²) in [5.74, 6) is -1.16. The van der Waals surface area contributed by atoms with Crippen LogP contribution in [-0.2, 0) is 17.5 Å². The number of methoxy groups -OCH3 is 1. The summed E-state index contributed by atoms with van der Waals surface area (Å²) in [6.45, 7) is 0.0441. The minimum atomic E-state index is -4.64. The summed E-state index contributed by atoms with van der Waals surface area (Å²) < 4.78 is 50.4. The van der Waals surface area contributed by atoms with Gasteiger partial charge in [0, 0.05) is 0 Å². The number of halogens is 4. The van der Waals surface area contributed by atoms with E-state index in [9.17, 15) is 22.8 Å². The summed E-state index contributed by atoms with van der Waals surface area (Å²) in [5.41, 5.74) is -1.47. The van der Waals surface area contributed by atoms with Gasteiger partial charge in [-0.25, -0.2) is 4.98 Å². The topological polar surface area (TPSA) is 102 Å². The Balaban J connectivity index is 1.36. The first-order chi connectivity index (χ1) is 17.1. The molecule has 8 nitrogen and oxygen atoms in total. The third-order valence-corrected chi connectivity index (χ3v) is 5.64. The molecule has 0 aliphatic heterocycles. The van der Waals surface area contributed by atoms with Crippen LogP contribution in [0.1, 0.15) is 34.6 Å². The zero-order chi connectivity index (χ0) is 25.9. The molecule has 12 heteroatoms. The van der Waals surface area contributed by atoms with Gasteiger partial charge in [0.1, 0.15) is 39.2 Å². The molecule has 1 fully saturated rings. The molecule has 0 saturated heterocycles. The Hall–Kier alpha value is -3.86. The number of pyridine rings is 2. The lowest BCUT2D eigenvalue weighted by Crippen LogP contribution is -2.49. The van der Waals surface area contributed by atoms with Crippen LogP contribution in [0, 0.1) is 0 Å². The lowest BCUT2D eigenvalue weighted by molar-refractivity contribution is -0.138. The molecule has 1 saturated carbocycles. The molecule has 1 aromatic carbocycles. The van der Waals surface area contributed by atoms with Crippen LogP contribution in [-0.4, -0.2) is 34.4 Å². The van der Waals surface area contributed by atoms with Gasteiger partial charge < -0.3 is 20.1 Å². The first kappa shape index (κ1) is 25.2. The number of benzene rings is 1. The molecule has 2 heterocycles. The van der Waals surface area contributed by atoms with Gasteiger partial charge >= 0.3 is 6.18 Å². The van der Waals surface area contributed by atoms with Gasteiger partial charge in [0.25, 0.3) is 5.91 Å². The zero-order valence-electron chi connectivity index (χ0n) is 18.9. The zero-order valence-corrected chi connectivity index (χ0v) is 19.6. The lowest BCUT2D eigenvalue weighted by Gasteiger charge is -2.17. The molecule has 1 aliphatic rings. The Morgan fingerprint density at radius 3 is 2.47 bits per heavy atom. The molecule has 1 aliphatic carbocycles. The molecule has 0 atom stereocenters. The fraction of sp³-hybridized carbons (Fsp3) is 0.250. The third kappa shape index (κ3) is 5.85. The van der Waals surface area contributed by atoms with Crippen molar-refractivity contribution in [3.05, 3.63) is 76.8 Å². The van der Waals surface area contributed by atoms with Crippen molar-refractivity contribution in [2.45, 2.75) is 31.1 Å². The highest BCUT2D eigenvalue weighted by Gasteiger charge is 2.51. The predicted octanol–water partition coefficient (Wildman–Crippen LogP) is 4.53. The van der Waals surface area contributed by atoms with E-state index in [4.69, 9.17) is 21.1 Å². The average Bonchev–Trinajstić information content (AvgIpc) is 3.63. The standard InChI is InChI=1S/C24H20ClF3N4O4/c1-35-15-7-8-19(17(11-15)24(26,27)28)36-16-6-5-14(29-13-16)12-30-22(34)23(9-10-23)32-21(33)18-3-2-4-20(25)31-18/h2-8,11,13H,9-10,12H2,1H3,(H,30,34)(H,32,33). The number of ether oxygens (including phenoxy) is 2. The maximum Gasteiger partial charge on any atom is 0.420 e. The summed E-state index contributed by atoms with van der Waals surface area (Å²) >= 11 is 5.81. The molecular weight excluding hydrogens is 501 g/mol. The normalized spacial score (nSPS) is 14.0. The van der Waals surface area contributed by atoms with Gasteiger partial charge in [-0.3, -0.25) is 14.6 Å². The second-order valence-electron chi connectivity index (χ2n) is 8.01. The number of alkyl halides is 3. The van der Waals surface area contributed by atoms with Crippen LogP contribution in [0.4, 0.5) is 13.2 Å². The number of nitrogens with one attached hydrogen (secondary N) is 2. The van der Waals surface area contributed by atoms with Gasteiger partial charge in [0.2, 0.25) is 5.91 Å². The van der Waals surface area contributed by atoms with Crippen molar-refractivity contribution in [2.24, 2.45) is 0 Å². The smallest absolute Gasteiger partial charge is 0.420 e. The SMILES string of the molecule is COc1ccc(Oc2ccc(CNC(=O)C3(NC(=O)c4cccc(Cl)n4)CC3)nc2)c(C(F)(F)F)c1. The highest BCUT2D eigenvalue weighted by Crippen LogP contribution is 2.40. The molecule has 0 bridgehead atoms. The number of aromatic nitrogens is 2. The Bertz CT molecular complexity index is 1280. The van der Waals surface area contributed by atoms with E-state index in [0.29, 0.717) is 18.5 Å².